The lowest BCUT2D eigenvalue weighted by molar-refractivity contribution is -0.384. The van der Waals surface area contributed by atoms with Gasteiger partial charge in [-0.1, -0.05) is 19.8 Å². The van der Waals surface area contributed by atoms with Crippen LogP contribution in [0.25, 0.3) is 0 Å². The summed E-state index contributed by atoms with van der Waals surface area (Å²) in [6, 6.07) is 5.55. The van der Waals surface area contributed by atoms with E-state index in [2.05, 4.69) is 6.92 Å². The molecule has 0 radical (unpaired) electrons. The van der Waals surface area contributed by atoms with Crippen molar-refractivity contribution >= 4 is 16.8 Å². The van der Waals surface area contributed by atoms with E-state index in [-0.39, 0.29) is 5.69 Å². The first kappa shape index (κ1) is 13.8. The Morgan fingerprint density at radius 2 is 1.94 bits per heavy atom. The van der Waals surface area contributed by atoms with Crippen molar-refractivity contribution < 1.29 is 13.3 Å². The Morgan fingerprint density at radius 3 is 2.47 bits per heavy atom. The fourth-order valence-electron chi connectivity index (χ4n) is 1.23. The molecular weight excluding hydrogens is 242 g/mol. The van der Waals surface area contributed by atoms with Gasteiger partial charge in [-0.3, -0.25) is 14.3 Å². The second-order valence-corrected chi connectivity index (χ2v) is 4.69. The molecule has 17 heavy (non-hydrogen) atoms. The van der Waals surface area contributed by atoms with Crippen molar-refractivity contribution in [1.82, 2.24) is 0 Å². The molecule has 0 aliphatic carbocycles. The molecule has 0 saturated heterocycles. The summed E-state index contributed by atoms with van der Waals surface area (Å²) in [5.74, 6) is 0. The Kier molecular flexibility index (Phi) is 5.79. The molecule has 0 fully saturated rings. The second kappa shape index (κ2) is 7.13. The van der Waals surface area contributed by atoms with Gasteiger partial charge in [0.2, 0.25) is 0 Å². The predicted octanol–water partition coefficient (Wildman–Crippen LogP) is 2.82. The van der Waals surface area contributed by atoms with Crippen LogP contribution in [-0.2, 0) is 15.3 Å². The molecule has 5 nitrogen and oxygen atoms in total. The number of non-ortho nitro benzene ring substituents is 1. The smallest absolute Gasteiger partial charge is 0.269 e. The molecule has 1 atom stereocenters. The van der Waals surface area contributed by atoms with E-state index in [1.807, 2.05) is 0 Å². The second-order valence-electron chi connectivity index (χ2n) is 3.51. The number of hydrogen-bond acceptors (Lipinski definition) is 4. The van der Waals surface area contributed by atoms with Crippen LogP contribution in [0.15, 0.2) is 29.2 Å². The number of unbranched alkanes of at least 4 members (excludes halogenated alkanes) is 2. The SMILES string of the molecule is CCCCCOS(=O)c1ccc([N+](=O)[O-])cc1. The fraction of sp³-hybridized carbons (Fsp3) is 0.455. The minimum absolute atomic E-state index is 0.0169. The van der Waals surface area contributed by atoms with Crippen LogP contribution < -0.4 is 0 Å². The van der Waals surface area contributed by atoms with Gasteiger partial charge in [-0.25, -0.2) is 4.21 Å². The third kappa shape index (κ3) is 4.62. The highest BCUT2D eigenvalue weighted by Crippen LogP contribution is 2.15. The third-order valence-electron chi connectivity index (χ3n) is 2.18. The van der Waals surface area contributed by atoms with Crippen molar-refractivity contribution in [3.05, 3.63) is 34.4 Å². The molecule has 0 bridgehead atoms. The van der Waals surface area contributed by atoms with Crippen molar-refractivity contribution in [2.24, 2.45) is 0 Å². The van der Waals surface area contributed by atoms with E-state index < -0.39 is 16.0 Å². The number of nitrogens with zero attached hydrogens (tertiary/aromatic N) is 1. The predicted molar refractivity (Wildman–Crippen MR) is 65.0 cm³/mol. The van der Waals surface area contributed by atoms with Gasteiger partial charge in [-0.05, 0) is 18.6 Å². The van der Waals surface area contributed by atoms with Crippen molar-refractivity contribution in [3.8, 4) is 0 Å². The van der Waals surface area contributed by atoms with Crippen LogP contribution in [0.4, 0.5) is 5.69 Å². The maximum Gasteiger partial charge on any atom is 0.269 e. The molecule has 1 aromatic rings. The topological polar surface area (TPSA) is 69.4 Å². The largest absolute Gasteiger partial charge is 0.287 e. The average molecular weight is 257 g/mol. The normalized spacial score (nSPS) is 12.3. The molecule has 1 unspecified atom stereocenters. The van der Waals surface area contributed by atoms with E-state index in [1.165, 1.54) is 24.3 Å². The quantitative estimate of drug-likeness (QED) is 0.428. The van der Waals surface area contributed by atoms with Gasteiger partial charge in [0.25, 0.3) is 5.69 Å². The Labute approximate surface area is 103 Å². The minimum atomic E-state index is -1.53. The zero-order chi connectivity index (χ0) is 12.7. The van der Waals surface area contributed by atoms with E-state index in [0.717, 1.165) is 19.3 Å². The number of nitro benzene ring substituents is 1. The zero-order valence-electron chi connectivity index (χ0n) is 9.63. The summed E-state index contributed by atoms with van der Waals surface area (Å²) in [4.78, 5) is 10.4. The summed E-state index contributed by atoms with van der Waals surface area (Å²) in [5.41, 5.74) is -0.0169. The summed E-state index contributed by atoms with van der Waals surface area (Å²) >= 11 is -1.53. The van der Waals surface area contributed by atoms with Crippen molar-refractivity contribution in [3.63, 3.8) is 0 Å². The highest BCUT2D eigenvalue weighted by atomic mass is 32.2. The Hall–Kier alpha value is -1.27. The molecule has 0 N–H and O–H groups in total. The molecular formula is C11H15NO4S. The zero-order valence-corrected chi connectivity index (χ0v) is 10.4. The van der Waals surface area contributed by atoms with Gasteiger partial charge in [-0.2, -0.15) is 0 Å². The number of hydrogen-bond donors (Lipinski definition) is 0. The van der Waals surface area contributed by atoms with E-state index in [9.17, 15) is 14.3 Å². The maximum absolute atomic E-state index is 11.6. The van der Waals surface area contributed by atoms with E-state index >= 15 is 0 Å². The third-order valence-corrected chi connectivity index (χ3v) is 3.22. The molecule has 0 saturated carbocycles. The van der Waals surface area contributed by atoms with Crippen LogP contribution in [0.5, 0.6) is 0 Å². The van der Waals surface area contributed by atoms with E-state index in [1.54, 1.807) is 0 Å². The number of rotatable bonds is 7. The number of nitro groups is 1. The summed E-state index contributed by atoms with van der Waals surface area (Å²) in [7, 11) is 0. The van der Waals surface area contributed by atoms with E-state index in [0.29, 0.717) is 11.5 Å². The first-order valence-electron chi connectivity index (χ1n) is 5.44. The first-order valence-corrected chi connectivity index (χ1v) is 6.52. The first-order chi connectivity index (χ1) is 8.15. The summed E-state index contributed by atoms with van der Waals surface area (Å²) in [6.07, 6.45) is 2.99. The standard InChI is InChI=1S/C11H15NO4S/c1-2-3-4-9-16-17(15)11-7-5-10(6-8-11)12(13)14/h5-8H,2-4,9H2,1H3. The van der Waals surface area contributed by atoms with Crippen molar-refractivity contribution in [2.45, 2.75) is 31.1 Å². The highest BCUT2D eigenvalue weighted by Gasteiger charge is 2.08. The lowest BCUT2D eigenvalue weighted by Crippen LogP contribution is -2.00. The molecule has 1 rings (SSSR count). The van der Waals surface area contributed by atoms with Crippen LogP contribution in [0.2, 0.25) is 0 Å². The highest BCUT2D eigenvalue weighted by molar-refractivity contribution is 7.80. The lowest BCUT2D eigenvalue weighted by atomic mass is 10.3. The van der Waals surface area contributed by atoms with Gasteiger partial charge in [-0.15, -0.1) is 0 Å². The minimum Gasteiger partial charge on any atom is -0.287 e. The summed E-state index contributed by atoms with van der Waals surface area (Å²) in [5, 5.41) is 10.4. The van der Waals surface area contributed by atoms with Gasteiger partial charge >= 0.3 is 0 Å². The van der Waals surface area contributed by atoms with Crippen LogP contribution in [-0.4, -0.2) is 15.7 Å². The van der Waals surface area contributed by atoms with Gasteiger partial charge in [0.1, 0.15) is 0 Å². The van der Waals surface area contributed by atoms with Gasteiger partial charge in [0, 0.05) is 12.1 Å². The summed E-state index contributed by atoms with van der Waals surface area (Å²) < 4.78 is 16.7. The molecule has 6 heteroatoms. The number of benzene rings is 1. The lowest BCUT2D eigenvalue weighted by Gasteiger charge is -2.02. The summed E-state index contributed by atoms with van der Waals surface area (Å²) in [6.45, 7) is 2.52. The van der Waals surface area contributed by atoms with Crippen LogP contribution >= 0.6 is 0 Å². The molecule has 0 spiro atoms. The Morgan fingerprint density at radius 1 is 1.29 bits per heavy atom. The molecule has 94 valence electrons. The molecule has 0 aliphatic heterocycles. The fourth-order valence-corrected chi connectivity index (χ4v) is 2.00. The molecule has 0 aliphatic rings. The van der Waals surface area contributed by atoms with Crippen molar-refractivity contribution in [2.75, 3.05) is 6.61 Å². The molecule has 1 aromatic carbocycles. The van der Waals surface area contributed by atoms with Crippen molar-refractivity contribution in [1.29, 1.82) is 0 Å². The van der Waals surface area contributed by atoms with Crippen LogP contribution in [0, 0.1) is 10.1 Å². The maximum atomic E-state index is 11.6. The van der Waals surface area contributed by atoms with E-state index in [4.69, 9.17) is 4.18 Å². The van der Waals surface area contributed by atoms with Gasteiger partial charge in [0.05, 0.1) is 16.4 Å². The monoisotopic (exact) mass is 257 g/mol. The molecule has 0 aromatic heterocycles. The average Bonchev–Trinajstić information content (AvgIpc) is 2.34. The van der Waals surface area contributed by atoms with Gasteiger partial charge in [0.15, 0.2) is 11.1 Å². The Balaban J connectivity index is 2.49. The molecule has 0 amide bonds. The van der Waals surface area contributed by atoms with Crippen LogP contribution in [0.3, 0.4) is 0 Å². The van der Waals surface area contributed by atoms with Gasteiger partial charge < -0.3 is 0 Å². The molecule has 0 heterocycles. The Bertz CT molecular complexity index is 391. The van der Waals surface area contributed by atoms with Crippen LogP contribution in [0.1, 0.15) is 26.2 Å².